The maximum atomic E-state index is 11.0. The average Bonchev–Trinajstić information content (AvgIpc) is 2.67. The Labute approximate surface area is 174 Å². The monoisotopic (exact) mass is 398 g/mol. The molecule has 0 aliphatic rings. The summed E-state index contributed by atoms with van der Waals surface area (Å²) in [7, 11) is 0. The van der Waals surface area contributed by atoms with Crippen molar-refractivity contribution in [3.8, 4) is 5.75 Å². The quantitative estimate of drug-likeness (QED) is 0.576. The van der Waals surface area contributed by atoms with Crippen LogP contribution in [0.3, 0.4) is 0 Å². The Morgan fingerprint density at radius 3 is 2.28 bits per heavy atom. The fourth-order valence-corrected chi connectivity index (χ4v) is 3.27. The van der Waals surface area contributed by atoms with Gasteiger partial charge in [-0.05, 0) is 72.4 Å². The van der Waals surface area contributed by atoms with E-state index in [0.717, 1.165) is 36.1 Å². The minimum Gasteiger partial charge on any atom is -0.491 e. The van der Waals surface area contributed by atoms with E-state index >= 15 is 0 Å². The minimum atomic E-state index is -0.893. The molecule has 0 spiro atoms. The lowest BCUT2D eigenvalue weighted by Gasteiger charge is -2.26. The number of benzene rings is 2. The zero-order chi connectivity index (χ0) is 21.6. The van der Waals surface area contributed by atoms with E-state index in [9.17, 15) is 9.90 Å². The van der Waals surface area contributed by atoms with Crippen molar-refractivity contribution in [2.24, 2.45) is 5.41 Å². The first-order valence-electron chi connectivity index (χ1n) is 10.4. The van der Waals surface area contributed by atoms with Gasteiger partial charge in [0, 0.05) is 0 Å². The van der Waals surface area contributed by atoms with Crippen molar-refractivity contribution in [1.29, 1.82) is 0 Å². The third kappa shape index (κ3) is 6.60. The highest BCUT2D eigenvalue weighted by Crippen LogP contribution is 2.30. The third-order valence-corrected chi connectivity index (χ3v) is 5.54. The molecular weight excluding hydrogens is 364 g/mol. The van der Waals surface area contributed by atoms with Crippen molar-refractivity contribution in [2.45, 2.75) is 65.9 Å². The summed E-state index contributed by atoms with van der Waals surface area (Å²) < 4.78 is 5.86. The van der Waals surface area contributed by atoms with Crippen LogP contribution in [-0.2, 0) is 6.42 Å². The second-order valence-electron chi connectivity index (χ2n) is 8.86. The second kappa shape index (κ2) is 9.93. The van der Waals surface area contributed by atoms with Crippen molar-refractivity contribution < 1.29 is 19.7 Å². The fraction of sp³-hybridized carbons (Fsp3) is 0.480. The second-order valence-corrected chi connectivity index (χ2v) is 8.86. The number of hydrogen-bond acceptors (Lipinski definition) is 3. The maximum Gasteiger partial charge on any atom is 0.335 e. The molecule has 2 atom stereocenters. The van der Waals surface area contributed by atoms with Gasteiger partial charge in [-0.1, -0.05) is 52.0 Å². The van der Waals surface area contributed by atoms with Gasteiger partial charge < -0.3 is 14.9 Å². The van der Waals surface area contributed by atoms with Crippen LogP contribution in [0.4, 0.5) is 0 Å². The molecular formula is C25H34O4. The smallest absolute Gasteiger partial charge is 0.335 e. The molecule has 158 valence electrons. The molecule has 0 radical (unpaired) electrons. The molecule has 2 rings (SSSR count). The van der Waals surface area contributed by atoms with Crippen LogP contribution >= 0.6 is 0 Å². The molecule has 2 unspecified atom stereocenters. The first-order valence-corrected chi connectivity index (χ1v) is 10.4. The molecule has 0 saturated heterocycles. The predicted molar refractivity (Wildman–Crippen MR) is 117 cm³/mol. The zero-order valence-electron chi connectivity index (χ0n) is 18.2. The topological polar surface area (TPSA) is 66.8 Å². The number of carbonyl (C=O) groups is 1. The van der Waals surface area contributed by atoms with E-state index in [2.05, 4.69) is 19.1 Å². The van der Waals surface area contributed by atoms with Crippen LogP contribution in [0.5, 0.6) is 5.75 Å². The Balaban J connectivity index is 2.00. The van der Waals surface area contributed by atoms with Gasteiger partial charge in [-0.25, -0.2) is 4.79 Å². The molecule has 0 amide bonds. The first kappa shape index (κ1) is 23.0. The van der Waals surface area contributed by atoms with Gasteiger partial charge in [0.25, 0.3) is 0 Å². The van der Waals surface area contributed by atoms with Gasteiger partial charge in [-0.3, -0.25) is 0 Å². The van der Waals surface area contributed by atoms with Crippen molar-refractivity contribution in [1.82, 2.24) is 0 Å². The molecule has 2 N–H and O–H groups in total. The Bertz CT molecular complexity index is 803. The van der Waals surface area contributed by atoms with Crippen LogP contribution in [0, 0.1) is 12.3 Å². The van der Waals surface area contributed by atoms with Crippen LogP contribution < -0.4 is 4.74 Å². The third-order valence-electron chi connectivity index (χ3n) is 5.54. The molecule has 0 fully saturated rings. The molecule has 29 heavy (non-hydrogen) atoms. The van der Waals surface area contributed by atoms with Gasteiger partial charge in [0.05, 0.1) is 11.7 Å². The number of hydrogen-bond donors (Lipinski definition) is 2. The summed E-state index contributed by atoms with van der Waals surface area (Å²) in [6, 6.07) is 13.4. The molecule has 0 bridgehead atoms. The van der Waals surface area contributed by atoms with Crippen LogP contribution in [-0.4, -0.2) is 28.9 Å². The number of aromatic carboxylic acids is 1. The van der Waals surface area contributed by atoms with Gasteiger partial charge >= 0.3 is 5.97 Å². The molecule has 4 heteroatoms. The van der Waals surface area contributed by atoms with Gasteiger partial charge in [-0.15, -0.1) is 0 Å². The Kier molecular flexibility index (Phi) is 7.86. The van der Waals surface area contributed by atoms with Crippen LogP contribution in [0.25, 0.3) is 0 Å². The average molecular weight is 399 g/mol. The van der Waals surface area contributed by atoms with Gasteiger partial charge in [-0.2, -0.15) is 0 Å². The number of aryl methyl sites for hydroxylation is 2. The van der Waals surface area contributed by atoms with Gasteiger partial charge in [0.15, 0.2) is 0 Å². The van der Waals surface area contributed by atoms with Gasteiger partial charge in [0.2, 0.25) is 0 Å². The largest absolute Gasteiger partial charge is 0.491 e. The van der Waals surface area contributed by atoms with Crippen molar-refractivity contribution in [3.05, 3.63) is 64.7 Å². The van der Waals surface area contributed by atoms with Crippen LogP contribution in [0.2, 0.25) is 0 Å². The number of rotatable bonds is 9. The summed E-state index contributed by atoms with van der Waals surface area (Å²) in [5.74, 6) is 0.356. The molecule has 0 aromatic heterocycles. The maximum absolute atomic E-state index is 11.0. The number of aliphatic hydroxyl groups is 1. The highest BCUT2D eigenvalue weighted by molar-refractivity contribution is 5.87. The summed E-state index contributed by atoms with van der Waals surface area (Å²) >= 11 is 0. The standard InChI is InChI=1S/C25H34O4/c1-6-19(10-7-18-8-11-20(12-9-18)24(27)28)21-13-14-22(17(2)15-21)29-16-23(26)25(3,4)5/h8-9,11-15,19,23,26H,6-7,10,16H2,1-5H3,(H,27,28). The van der Waals surface area contributed by atoms with Crippen molar-refractivity contribution in [2.75, 3.05) is 6.61 Å². The number of aliphatic hydroxyl groups excluding tert-OH is 1. The predicted octanol–water partition coefficient (Wildman–Crippen LogP) is 5.61. The van der Waals surface area contributed by atoms with E-state index in [-0.39, 0.29) is 12.0 Å². The van der Waals surface area contributed by atoms with E-state index in [0.29, 0.717) is 11.5 Å². The van der Waals surface area contributed by atoms with E-state index < -0.39 is 12.1 Å². The number of carboxylic acid groups (broad SMARTS) is 1. The van der Waals surface area contributed by atoms with Crippen molar-refractivity contribution >= 4 is 5.97 Å². The van der Waals surface area contributed by atoms with E-state index in [1.54, 1.807) is 12.1 Å². The molecule has 4 nitrogen and oxygen atoms in total. The van der Waals surface area contributed by atoms with Crippen LogP contribution in [0.1, 0.15) is 73.5 Å². The fourth-order valence-electron chi connectivity index (χ4n) is 3.27. The Morgan fingerprint density at radius 2 is 1.76 bits per heavy atom. The molecule has 0 saturated carbocycles. The lowest BCUT2D eigenvalue weighted by molar-refractivity contribution is 0.0216. The van der Waals surface area contributed by atoms with E-state index in [4.69, 9.17) is 9.84 Å². The summed E-state index contributed by atoms with van der Waals surface area (Å²) in [4.78, 5) is 11.0. The minimum absolute atomic E-state index is 0.205. The molecule has 2 aromatic rings. The summed E-state index contributed by atoms with van der Waals surface area (Å²) in [5.41, 5.74) is 3.64. The summed E-state index contributed by atoms with van der Waals surface area (Å²) in [5, 5.41) is 19.2. The highest BCUT2D eigenvalue weighted by Gasteiger charge is 2.23. The van der Waals surface area contributed by atoms with E-state index in [1.165, 1.54) is 5.56 Å². The zero-order valence-corrected chi connectivity index (χ0v) is 18.2. The Hall–Kier alpha value is -2.33. The molecule has 0 aliphatic heterocycles. The number of ether oxygens (including phenoxy) is 1. The lowest BCUT2D eigenvalue weighted by Crippen LogP contribution is -2.32. The summed E-state index contributed by atoms with van der Waals surface area (Å²) in [6.07, 6.45) is 2.44. The lowest BCUT2D eigenvalue weighted by atomic mass is 9.89. The highest BCUT2D eigenvalue weighted by atomic mass is 16.5. The van der Waals surface area contributed by atoms with E-state index in [1.807, 2.05) is 45.9 Å². The summed E-state index contributed by atoms with van der Waals surface area (Å²) in [6.45, 7) is 10.5. The molecule has 0 aliphatic carbocycles. The number of carboxylic acids is 1. The Morgan fingerprint density at radius 1 is 1.10 bits per heavy atom. The molecule has 0 heterocycles. The van der Waals surface area contributed by atoms with Gasteiger partial charge in [0.1, 0.15) is 12.4 Å². The SMILES string of the molecule is CCC(CCc1ccc(C(=O)O)cc1)c1ccc(OCC(O)C(C)(C)C)c(C)c1. The van der Waals surface area contributed by atoms with Crippen molar-refractivity contribution in [3.63, 3.8) is 0 Å². The first-order chi connectivity index (χ1) is 13.6. The molecule has 2 aromatic carbocycles. The van der Waals surface area contributed by atoms with Crippen LogP contribution in [0.15, 0.2) is 42.5 Å². The normalized spacial score (nSPS) is 13.7.